The van der Waals surface area contributed by atoms with Crippen molar-refractivity contribution in [2.75, 3.05) is 26.1 Å². The van der Waals surface area contributed by atoms with E-state index >= 15 is 0 Å². The quantitative estimate of drug-likeness (QED) is 0.325. The lowest BCUT2D eigenvalue weighted by Crippen LogP contribution is -2.37. The van der Waals surface area contributed by atoms with Crippen molar-refractivity contribution in [3.05, 3.63) is 63.2 Å². The number of anilines is 1. The van der Waals surface area contributed by atoms with E-state index in [0.717, 1.165) is 6.07 Å². The van der Waals surface area contributed by atoms with E-state index in [1.54, 1.807) is 0 Å². The van der Waals surface area contributed by atoms with E-state index in [9.17, 15) is 29.3 Å². The second-order valence-electron chi connectivity index (χ2n) is 6.10. The standard InChI is InChI=1S/C19H15N3O8/c1-29-10-6-7-13(12(8-10)19(26)30-2)20-15(23)9-21-17(24)11-4-3-5-14(22(27)28)16(11)18(21)25/h3-8H,9H2,1-2H3,(H,20,23). The number of fused-ring (bicyclic) bond motifs is 1. The minimum atomic E-state index is -0.944. The monoisotopic (exact) mass is 413 g/mol. The number of nitro groups is 1. The third-order valence-corrected chi connectivity index (χ3v) is 4.38. The molecule has 0 saturated heterocycles. The lowest BCUT2D eigenvalue weighted by Gasteiger charge is -2.15. The van der Waals surface area contributed by atoms with Gasteiger partial charge in [-0.3, -0.25) is 29.4 Å². The minimum absolute atomic E-state index is 0.00296. The predicted molar refractivity (Wildman–Crippen MR) is 101 cm³/mol. The molecule has 2 aromatic rings. The van der Waals surface area contributed by atoms with Gasteiger partial charge in [0.1, 0.15) is 17.9 Å². The first-order valence-electron chi connectivity index (χ1n) is 8.48. The molecule has 11 heteroatoms. The molecule has 0 aliphatic carbocycles. The molecule has 1 aliphatic rings. The number of nitrogens with one attached hydrogen (secondary N) is 1. The van der Waals surface area contributed by atoms with E-state index in [0.29, 0.717) is 10.6 Å². The fraction of sp³-hybridized carbons (Fsp3) is 0.158. The summed E-state index contributed by atoms with van der Waals surface area (Å²) in [5.74, 6) is -2.94. The molecule has 0 unspecified atom stereocenters. The summed E-state index contributed by atoms with van der Waals surface area (Å²) >= 11 is 0. The maximum Gasteiger partial charge on any atom is 0.340 e. The highest BCUT2D eigenvalue weighted by Gasteiger charge is 2.41. The van der Waals surface area contributed by atoms with Crippen LogP contribution in [0.5, 0.6) is 5.75 Å². The Hall–Kier alpha value is -4.28. The van der Waals surface area contributed by atoms with E-state index in [1.165, 1.54) is 44.6 Å². The van der Waals surface area contributed by atoms with Gasteiger partial charge in [-0.15, -0.1) is 0 Å². The number of ether oxygens (including phenoxy) is 2. The van der Waals surface area contributed by atoms with Gasteiger partial charge in [-0.05, 0) is 24.3 Å². The number of carbonyl (C=O) groups is 4. The normalized spacial score (nSPS) is 12.4. The van der Waals surface area contributed by atoms with Crippen LogP contribution >= 0.6 is 0 Å². The maximum atomic E-state index is 12.6. The fourth-order valence-electron chi connectivity index (χ4n) is 2.98. The lowest BCUT2D eigenvalue weighted by molar-refractivity contribution is -0.385. The lowest BCUT2D eigenvalue weighted by atomic mass is 10.1. The van der Waals surface area contributed by atoms with Crippen LogP contribution in [0.1, 0.15) is 31.1 Å². The first-order chi connectivity index (χ1) is 14.3. The Morgan fingerprint density at radius 3 is 2.50 bits per heavy atom. The first-order valence-corrected chi connectivity index (χ1v) is 8.48. The highest BCUT2D eigenvalue weighted by Crippen LogP contribution is 2.30. The highest BCUT2D eigenvalue weighted by atomic mass is 16.6. The molecule has 30 heavy (non-hydrogen) atoms. The summed E-state index contributed by atoms with van der Waals surface area (Å²) in [4.78, 5) is 60.5. The molecule has 3 rings (SSSR count). The Kier molecular flexibility index (Phi) is 5.45. The molecule has 1 aliphatic heterocycles. The molecular weight excluding hydrogens is 398 g/mol. The largest absolute Gasteiger partial charge is 0.497 e. The van der Waals surface area contributed by atoms with Gasteiger partial charge < -0.3 is 14.8 Å². The van der Waals surface area contributed by atoms with Gasteiger partial charge in [-0.2, -0.15) is 0 Å². The van der Waals surface area contributed by atoms with E-state index in [2.05, 4.69) is 10.1 Å². The second kappa shape index (κ2) is 7.99. The van der Waals surface area contributed by atoms with Gasteiger partial charge in [0.25, 0.3) is 17.5 Å². The number of hydrogen-bond acceptors (Lipinski definition) is 8. The number of nitro benzene ring substituents is 1. The zero-order chi connectivity index (χ0) is 22.0. The second-order valence-corrected chi connectivity index (χ2v) is 6.10. The predicted octanol–water partition coefficient (Wildman–Crippen LogP) is 1.62. The Morgan fingerprint density at radius 1 is 1.13 bits per heavy atom. The number of rotatable bonds is 6. The zero-order valence-electron chi connectivity index (χ0n) is 15.8. The summed E-state index contributed by atoms with van der Waals surface area (Å²) < 4.78 is 9.71. The molecule has 1 heterocycles. The van der Waals surface area contributed by atoms with Crippen molar-refractivity contribution in [2.45, 2.75) is 0 Å². The van der Waals surface area contributed by atoms with Crippen molar-refractivity contribution < 1.29 is 33.6 Å². The van der Waals surface area contributed by atoms with Crippen molar-refractivity contribution in [3.8, 4) is 5.75 Å². The van der Waals surface area contributed by atoms with Crippen molar-refractivity contribution in [1.82, 2.24) is 4.90 Å². The molecule has 0 aromatic heterocycles. The molecule has 0 bridgehead atoms. The van der Waals surface area contributed by atoms with Gasteiger partial charge in [0.15, 0.2) is 0 Å². The van der Waals surface area contributed by atoms with E-state index < -0.39 is 40.8 Å². The molecule has 154 valence electrons. The number of carbonyl (C=O) groups excluding carboxylic acids is 4. The number of benzene rings is 2. The number of imide groups is 1. The van der Waals surface area contributed by atoms with Crippen molar-refractivity contribution in [1.29, 1.82) is 0 Å². The molecule has 0 atom stereocenters. The van der Waals surface area contributed by atoms with Crippen molar-refractivity contribution in [2.24, 2.45) is 0 Å². The topological polar surface area (TPSA) is 145 Å². The summed E-state index contributed by atoms with van der Waals surface area (Å²) in [6.45, 7) is -0.698. The summed E-state index contributed by atoms with van der Waals surface area (Å²) in [7, 11) is 2.56. The van der Waals surface area contributed by atoms with Crippen LogP contribution < -0.4 is 10.1 Å². The van der Waals surface area contributed by atoms with Gasteiger partial charge in [0.2, 0.25) is 5.91 Å². The molecule has 2 aromatic carbocycles. The van der Waals surface area contributed by atoms with Crippen LogP contribution in [0, 0.1) is 10.1 Å². The van der Waals surface area contributed by atoms with Crippen LogP contribution in [-0.2, 0) is 9.53 Å². The third-order valence-electron chi connectivity index (χ3n) is 4.38. The van der Waals surface area contributed by atoms with Gasteiger partial charge >= 0.3 is 5.97 Å². The molecular formula is C19H15N3O8. The van der Waals surface area contributed by atoms with Crippen LogP contribution in [0.3, 0.4) is 0 Å². The SMILES string of the molecule is COC(=O)c1cc(OC)ccc1NC(=O)CN1C(=O)c2cccc([N+](=O)[O-])c2C1=O. The average molecular weight is 413 g/mol. The fourth-order valence-corrected chi connectivity index (χ4v) is 2.98. The van der Waals surface area contributed by atoms with Crippen LogP contribution in [0.15, 0.2) is 36.4 Å². The van der Waals surface area contributed by atoms with Crippen molar-refractivity contribution >= 4 is 35.1 Å². The molecule has 0 radical (unpaired) electrons. The summed E-state index contributed by atoms with van der Waals surface area (Å²) in [6, 6.07) is 7.91. The molecule has 0 fully saturated rings. The van der Waals surface area contributed by atoms with Gasteiger partial charge in [0, 0.05) is 6.07 Å². The first kappa shape index (κ1) is 20.5. The van der Waals surface area contributed by atoms with Gasteiger partial charge in [0.05, 0.1) is 36.0 Å². The maximum absolute atomic E-state index is 12.6. The van der Waals surface area contributed by atoms with E-state index in [4.69, 9.17) is 4.74 Å². The minimum Gasteiger partial charge on any atom is -0.497 e. The van der Waals surface area contributed by atoms with Crippen LogP contribution in [0.4, 0.5) is 11.4 Å². The Bertz CT molecular complexity index is 1100. The zero-order valence-corrected chi connectivity index (χ0v) is 15.8. The molecule has 11 nitrogen and oxygen atoms in total. The van der Waals surface area contributed by atoms with Gasteiger partial charge in [-0.1, -0.05) is 6.07 Å². The number of methoxy groups -OCH3 is 2. The Balaban J connectivity index is 1.83. The molecule has 1 N–H and O–H groups in total. The number of nitrogens with zero attached hydrogens (tertiary/aromatic N) is 2. The molecule has 0 saturated carbocycles. The number of hydrogen-bond donors (Lipinski definition) is 1. The van der Waals surface area contributed by atoms with Gasteiger partial charge in [-0.25, -0.2) is 4.79 Å². The Morgan fingerprint density at radius 2 is 1.87 bits per heavy atom. The van der Waals surface area contributed by atoms with E-state index in [-0.39, 0.29) is 22.4 Å². The van der Waals surface area contributed by atoms with Crippen LogP contribution in [0.25, 0.3) is 0 Å². The smallest absolute Gasteiger partial charge is 0.340 e. The Labute approximate surface area is 169 Å². The summed E-state index contributed by atoms with van der Waals surface area (Å²) in [5, 5.41) is 13.6. The summed E-state index contributed by atoms with van der Waals surface area (Å²) in [5.41, 5.74) is -0.947. The average Bonchev–Trinajstić information content (AvgIpc) is 2.98. The number of esters is 1. The summed E-state index contributed by atoms with van der Waals surface area (Å²) in [6.07, 6.45) is 0. The van der Waals surface area contributed by atoms with Crippen molar-refractivity contribution in [3.63, 3.8) is 0 Å². The van der Waals surface area contributed by atoms with E-state index in [1.807, 2.05) is 0 Å². The van der Waals surface area contributed by atoms with Crippen LogP contribution in [-0.4, -0.2) is 54.3 Å². The third kappa shape index (κ3) is 3.55. The molecule has 0 spiro atoms. The number of amides is 3. The van der Waals surface area contributed by atoms with Crippen LogP contribution in [0.2, 0.25) is 0 Å². The highest BCUT2D eigenvalue weighted by molar-refractivity contribution is 6.24. The molecule has 3 amide bonds.